The number of nitriles is 1. The molecule has 2 nitrogen and oxygen atoms in total. The van der Waals surface area contributed by atoms with Gasteiger partial charge in [-0.3, -0.25) is 0 Å². The van der Waals surface area contributed by atoms with Gasteiger partial charge in [0.2, 0.25) is 0 Å². The Balaban J connectivity index is 3.20. The molecule has 0 saturated carbocycles. The standard InChI is InChI=1S/C7H13NO/c1-7(2,3)9-6-4-5-8/h4,6H2,1-3H3. The van der Waals surface area contributed by atoms with Gasteiger partial charge in [0.15, 0.2) is 0 Å². The van der Waals surface area contributed by atoms with Crippen molar-refractivity contribution in [2.75, 3.05) is 6.61 Å². The van der Waals surface area contributed by atoms with Crippen molar-refractivity contribution in [2.24, 2.45) is 0 Å². The lowest BCUT2D eigenvalue weighted by Crippen LogP contribution is -2.19. The lowest BCUT2D eigenvalue weighted by molar-refractivity contribution is 0.000466. The zero-order chi connectivity index (χ0) is 7.33. The third-order valence-electron chi connectivity index (χ3n) is 0.749. The Morgan fingerprint density at radius 1 is 1.44 bits per heavy atom. The molecule has 9 heavy (non-hydrogen) atoms. The fourth-order valence-electron chi connectivity index (χ4n) is 0.403. The molecule has 52 valence electrons. The first-order chi connectivity index (χ1) is 4.06. The van der Waals surface area contributed by atoms with E-state index in [2.05, 4.69) is 0 Å². The van der Waals surface area contributed by atoms with Crippen molar-refractivity contribution in [3.63, 3.8) is 0 Å². The maximum Gasteiger partial charge on any atom is 0.0645 e. The summed E-state index contributed by atoms with van der Waals surface area (Å²) in [5.41, 5.74) is -0.100. The maximum absolute atomic E-state index is 8.13. The van der Waals surface area contributed by atoms with Gasteiger partial charge in [0.05, 0.1) is 24.7 Å². The van der Waals surface area contributed by atoms with E-state index >= 15 is 0 Å². The number of hydrogen-bond donors (Lipinski definition) is 0. The fourth-order valence-corrected chi connectivity index (χ4v) is 0.403. The van der Waals surface area contributed by atoms with Crippen molar-refractivity contribution >= 4 is 0 Å². The second kappa shape index (κ2) is 3.47. The van der Waals surface area contributed by atoms with E-state index in [9.17, 15) is 0 Å². The van der Waals surface area contributed by atoms with Crippen LogP contribution in [0.4, 0.5) is 0 Å². The highest BCUT2D eigenvalue weighted by Crippen LogP contribution is 2.05. The fraction of sp³-hybridized carbons (Fsp3) is 0.857. The van der Waals surface area contributed by atoms with Gasteiger partial charge in [-0.2, -0.15) is 5.26 Å². The molecule has 0 aliphatic heterocycles. The minimum Gasteiger partial charge on any atom is -0.375 e. The van der Waals surface area contributed by atoms with Crippen LogP contribution in [0.3, 0.4) is 0 Å². The molecule has 0 aromatic rings. The Hall–Kier alpha value is -0.550. The molecule has 0 aliphatic rings. The summed E-state index contributed by atoms with van der Waals surface area (Å²) in [5, 5.41) is 8.13. The average Bonchev–Trinajstić information content (AvgIpc) is 1.63. The van der Waals surface area contributed by atoms with Crippen LogP contribution in [0.25, 0.3) is 0 Å². The van der Waals surface area contributed by atoms with E-state index in [0.717, 1.165) is 0 Å². The highest BCUT2D eigenvalue weighted by Gasteiger charge is 2.08. The van der Waals surface area contributed by atoms with Gasteiger partial charge in [-0.05, 0) is 20.8 Å². The normalized spacial score (nSPS) is 10.9. The zero-order valence-corrected chi connectivity index (χ0v) is 6.27. The Morgan fingerprint density at radius 3 is 2.33 bits per heavy atom. The van der Waals surface area contributed by atoms with Gasteiger partial charge in [0, 0.05) is 0 Å². The SMILES string of the molecule is CC(C)(C)OCCC#N. The van der Waals surface area contributed by atoms with Gasteiger partial charge in [0.1, 0.15) is 0 Å². The summed E-state index contributed by atoms with van der Waals surface area (Å²) in [6.07, 6.45) is 0.483. The summed E-state index contributed by atoms with van der Waals surface area (Å²) in [6.45, 7) is 6.47. The van der Waals surface area contributed by atoms with Crippen LogP contribution in [0, 0.1) is 11.3 Å². The molecule has 0 atom stereocenters. The first-order valence-corrected chi connectivity index (χ1v) is 3.07. The predicted octanol–water partition coefficient (Wildman–Crippen LogP) is 1.72. The van der Waals surface area contributed by atoms with Crippen molar-refractivity contribution in [3.05, 3.63) is 0 Å². The summed E-state index contributed by atoms with van der Waals surface area (Å²) in [4.78, 5) is 0. The van der Waals surface area contributed by atoms with Gasteiger partial charge in [-0.15, -0.1) is 0 Å². The molecule has 0 amide bonds. The molecule has 0 radical (unpaired) electrons. The highest BCUT2D eigenvalue weighted by molar-refractivity contribution is 4.69. The van der Waals surface area contributed by atoms with Crippen molar-refractivity contribution in [1.82, 2.24) is 0 Å². The van der Waals surface area contributed by atoms with E-state index in [1.807, 2.05) is 26.8 Å². The van der Waals surface area contributed by atoms with Crippen LogP contribution in [0.1, 0.15) is 27.2 Å². The molecule has 0 aromatic carbocycles. The minimum absolute atomic E-state index is 0.100. The van der Waals surface area contributed by atoms with Gasteiger partial charge < -0.3 is 4.74 Å². The van der Waals surface area contributed by atoms with Crippen LogP contribution >= 0.6 is 0 Å². The van der Waals surface area contributed by atoms with E-state index in [4.69, 9.17) is 10.00 Å². The summed E-state index contributed by atoms with van der Waals surface area (Å²) in [7, 11) is 0. The largest absolute Gasteiger partial charge is 0.375 e. The van der Waals surface area contributed by atoms with E-state index in [1.165, 1.54) is 0 Å². The van der Waals surface area contributed by atoms with Crippen LogP contribution < -0.4 is 0 Å². The van der Waals surface area contributed by atoms with Gasteiger partial charge in [-0.25, -0.2) is 0 Å². The molecule has 0 rings (SSSR count). The van der Waals surface area contributed by atoms with Crippen LogP contribution in [-0.4, -0.2) is 12.2 Å². The highest BCUT2D eigenvalue weighted by atomic mass is 16.5. The van der Waals surface area contributed by atoms with Gasteiger partial charge >= 0.3 is 0 Å². The van der Waals surface area contributed by atoms with Crippen molar-refractivity contribution in [2.45, 2.75) is 32.8 Å². The smallest absolute Gasteiger partial charge is 0.0645 e. The Morgan fingerprint density at radius 2 is 2.00 bits per heavy atom. The molecular formula is C7H13NO. The first kappa shape index (κ1) is 8.45. The monoisotopic (exact) mass is 127 g/mol. The topological polar surface area (TPSA) is 33.0 Å². The van der Waals surface area contributed by atoms with Crippen LogP contribution in [0.15, 0.2) is 0 Å². The molecule has 0 saturated heterocycles. The van der Waals surface area contributed by atoms with Crippen LogP contribution in [0.2, 0.25) is 0 Å². The van der Waals surface area contributed by atoms with Crippen molar-refractivity contribution in [1.29, 1.82) is 5.26 Å². The van der Waals surface area contributed by atoms with Crippen molar-refractivity contribution in [3.8, 4) is 6.07 Å². The number of nitrogens with zero attached hydrogens (tertiary/aromatic N) is 1. The average molecular weight is 127 g/mol. The number of hydrogen-bond acceptors (Lipinski definition) is 2. The van der Waals surface area contributed by atoms with Crippen molar-refractivity contribution < 1.29 is 4.74 Å². The zero-order valence-electron chi connectivity index (χ0n) is 6.27. The van der Waals surface area contributed by atoms with E-state index in [-0.39, 0.29) is 5.60 Å². The Kier molecular flexibility index (Phi) is 3.26. The van der Waals surface area contributed by atoms with Crippen LogP contribution in [0.5, 0.6) is 0 Å². The van der Waals surface area contributed by atoms with E-state index in [1.54, 1.807) is 0 Å². The Bertz CT molecular complexity index is 107. The molecule has 2 heteroatoms. The quantitative estimate of drug-likeness (QED) is 0.529. The lowest BCUT2D eigenvalue weighted by Gasteiger charge is -2.17. The molecule has 0 spiro atoms. The summed E-state index contributed by atoms with van der Waals surface area (Å²) in [6, 6.07) is 2.02. The molecule has 0 bridgehead atoms. The second-order valence-electron chi connectivity index (χ2n) is 2.87. The minimum atomic E-state index is -0.100. The predicted molar refractivity (Wildman–Crippen MR) is 35.9 cm³/mol. The number of rotatable bonds is 2. The second-order valence-corrected chi connectivity index (χ2v) is 2.87. The molecule has 0 heterocycles. The lowest BCUT2D eigenvalue weighted by atomic mass is 10.2. The van der Waals surface area contributed by atoms with E-state index < -0.39 is 0 Å². The summed E-state index contributed by atoms with van der Waals surface area (Å²) < 4.78 is 5.25. The third-order valence-corrected chi connectivity index (χ3v) is 0.749. The molecule has 0 aliphatic carbocycles. The molecule has 0 unspecified atom stereocenters. The molecular weight excluding hydrogens is 114 g/mol. The van der Waals surface area contributed by atoms with Gasteiger partial charge in [0.25, 0.3) is 0 Å². The maximum atomic E-state index is 8.13. The van der Waals surface area contributed by atoms with E-state index in [0.29, 0.717) is 13.0 Å². The van der Waals surface area contributed by atoms with Crippen LogP contribution in [-0.2, 0) is 4.74 Å². The molecule has 0 aromatic heterocycles. The number of ether oxygens (including phenoxy) is 1. The summed E-state index contributed by atoms with van der Waals surface area (Å²) >= 11 is 0. The first-order valence-electron chi connectivity index (χ1n) is 3.07. The molecule has 0 N–H and O–H groups in total. The molecule has 0 fully saturated rings. The van der Waals surface area contributed by atoms with Gasteiger partial charge in [-0.1, -0.05) is 0 Å². The summed E-state index contributed by atoms with van der Waals surface area (Å²) in [5.74, 6) is 0. The Labute approximate surface area is 56.4 Å². The third kappa shape index (κ3) is 7.45.